The predicted molar refractivity (Wildman–Crippen MR) is 66.6 cm³/mol. The molecule has 0 radical (unpaired) electrons. The number of methoxy groups -OCH3 is 1. The monoisotopic (exact) mass is 243 g/mol. The number of esters is 1. The van der Waals surface area contributed by atoms with Crippen molar-refractivity contribution in [3.05, 3.63) is 0 Å². The quantitative estimate of drug-likeness (QED) is 0.722. The van der Waals surface area contributed by atoms with Gasteiger partial charge in [0.15, 0.2) is 0 Å². The average molecular weight is 243 g/mol. The molecule has 92 valence electrons. The third kappa shape index (κ3) is 3.39. The lowest BCUT2D eigenvalue weighted by molar-refractivity contribution is -0.141. The second-order valence-corrected chi connectivity index (χ2v) is 6.09. The molecule has 16 heavy (non-hydrogen) atoms. The van der Waals surface area contributed by atoms with Crippen LogP contribution in [0.25, 0.3) is 0 Å². The van der Waals surface area contributed by atoms with Crippen molar-refractivity contribution in [1.29, 1.82) is 0 Å². The van der Waals surface area contributed by atoms with Crippen LogP contribution in [0.3, 0.4) is 0 Å². The van der Waals surface area contributed by atoms with E-state index in [0.29, 0.717) is 12.5 Å². The molecule has 2 rings (SSSR count). The molecule has 0 spiro atoms. The van der Waals surface area contributed by atoms with Gasteiger partial charge in [-0.25, -0.2) is 0 Å². The van der Waals surface area contributed by atoms with E-state index >= 15 is 0 Å². The number of ether oxygens (including phenoxy) is 1. The molecule has 4 heteroatoms. The summed E-state index contributed by atoms with van der Waals surface area (Å²) >= 11 is 2.00. The number of carbonyl (C=O) groups excluding carboxylic acids is 1. The van der Waals surface area contributed by atoms with E-state index in [1.54, 1.807) is 0 Å². The third-order valence-electron chi connectivity index (χ3n) is 3.59. The van der Waals surface area contributed by atoms with Crippen LogP contribution in [0.15, 0.2) is 0 Å². The highest BCUT2D eigenvalue weighted by Crippen LogP contribution is 2.51. The van der Waals surface area contributed by atoms with E-state index in [2.05, 4.69) is 5.32 Å². The van der Waals surface area contributed by atoms with E-state index in [0.717, 1.165) is 5.75 Å². The Morgan fingerprint density at radius 3 is 2.94 bits per heavy atom. The van der Waals surface area contributed by atoms with E-state index < -0.39 is 0 Å². The molecule has 1 unspecified atom stereocenters. The molecule has 3 nitrogen and oxygen atoms in total. The molecule has 0 aromatic carbocycles. The van der Waals surface area contributed by atoms with Gasteiger partial charge < -0.3 is 10.1 Å². The Hall–Kier alpha value is -0.220. The van der Waals surface area contributed by atoms with E-state index in [4.69, 9.17) is 4.74 Å². The number of carbonyl (C=O) groups is 1. The van der Waals surface area contributed by atoms with Gasteiger partial charge in [-0.15, -0.1) is 0 Å². The molecule has 1 aliphatic carbocycles. The van der Waals surface area contributed by atoms with Gasteiger partial charge in [0.25, 0.3) is 0 Å². The van der Waals surface area contributed by atoms with Crippen molar-refractivity contribution in [2.45, 2.75) is 38.1 Å². The molecule has 2 aliphatic rings. The Balaban J connectivity index is 1.63. The number of hydrogen-bond acceptors (Lipinski definition) is 4. The molecular weight excluding hydrogens is 222 g/mol. The van der Waals surface area contributed by atoms with Crippen LogP contribution in [0, 0.1) is 5.41 Å². The fraction of sp³-hybridized carbons (Fsp3) is 0.917. The first kappa shape index (κ1) is 12.2. The van der Waals surface area contributed by atoms with Crippen LogP contribution in [0.4, 0.5) is 0 Å². The lowest BCUT2D eigenvalue weighted by atomic mass is 10.1. The minimum Gasteiger partial charge on any atom is -0.469 e. The van der Waals surface area contributed by atoms with Crippen molar-refractivity contribution in [2.24, 2.45) is 5.41 Å². The van der Waals surface area contributed by atoms with Crippen LogP contribution < -0.4 is 5.32 Å². The van der Waals surface area contributed by atoms with Gasteiger partial charge in [0.1, 0.15) is 0 Å². The molecule has 0 amide bonds. The third-order valence-corrected chi connectivity index (χ3v) is 5.05. The van der Waals surface area contributed by atoms with E-state index in [1.165, 1.54) is 45.1 Å². The van der Waals surface area contributed by atoms with Crippen LogP contribution in [0.2, 0.25) is 0 Å². The van der Waals surface area contributed by atoms with Crippen LogP contribution in [0.1, 0.15) is 32.1 Å². The molecule has 1 saturated carbocycles. The zero-order valence-electron chi connectivity index (χ0n) is 9.96. The zero-order chi connectivity index (χ0) is 11.4. The largest absolute Gasteiger partial charge is 0.469 e. The molecule has 1 aliphatic heterocycles. The molecule has 2 fully saturated rings. The maximum atomic E-state index is 11.2. The first-order valence-corrected chi connectivity index (χ1v) is 7.28. The maximum absolute atomic E-state index is 11.2. The van der Waals surface area contributed by atoms with Crippen LogP contribution in [-0.2, 0) is 9.53 Å². The number of rotatable bonds is 6. The standard InChI is InChI=1S/C12H21NO2S/c1-15-11(14)7-12(4-5-12)9-16-8-10-3-2-6-13-10/h10,13H,2-9H2,1H3. The van der Waals surface area contributed by atoms with Gasteiger partial charge in [-0.1, -0.05) is 0 Å². The Morgan fingerprint density at radius 1 is 1.56 bits per heavy atom. The Labute approximate surface area is 102 Å². The Morgan fingerprint density at radius 2 is 2.38 bits per heavy atom. The average Bonchev–Trinajstić information content (AvgIpc) is 2.83. The fourth-order valence-electron chi connectivity index (χ4n) is 2.24. The summed E-state index contributed by atoms with van der Waals surface area (Å²) in [6.45, 7) is 1.18. The normalized spacial score (nSPS) is 26.7. The molecule has 0 aromatic heterocycles. The summed E-state index contributed by atoms with van der Waals surface area (Å²) < 4.78 is 4.75. The topological polar surface area (TPSA) is 38.3 Å². The molecule has 0 bridgehead atoms. The Bertz CT molecular complexity index is 247. The van der Waals surface area contributed by atoms with Gasteiger partial charge in [-0.05, 0) is 43.4 Å². The second-order valence-electron chi connectivity index (χ2n) is 5.06. The summed E-state index contributed by atoms with van der Waals surface area (Å²) in [6, 6.07) is 0.707. The summed E-state index contributed by atoms with van der Waals surface area (Å²) in [5.74, 6) is 2.28. The van der Waals surface area contributed by atoms with E-state index in [-0.39, 0.29) is 11.4 Å². The summed E-state index contributed by atoms with van der Waals surface area (Å²) in [6.07, 6.45) is 5.66. The minimum absolute atomic E-state index is 0.0444. The van der Waals surface area contributed by atoms with Gasteiger partial charge in [-0.2, -0.15) is 11.8 Å². The lowest BCUT2D eigenvalue weighted by Gasteiger charge is -2.15. The first-order valence-electron chi connectivity index (χ1n) is 6.12. The molecular formula is C12H21NO2S. The highest BCUT2D eigenvalue weighted by atomic mass is 32.2. The Kier molecular flexibility index (Phi) is 4.14. The number of nitrogens with one attached hydrogen (secondary N) is 1. The van der Waals surface area contributed by atoms with Crippen LogP contribution in [-0.4, -0.2) is 37.2 Å². The molecule has 1 N–H and O–H groups in total. The predicted octanol–water partition coefficient (Wildman–Crippen LogP) is 1.81. The van der Waals surface area contributed by atoms with Gasteiger partial charge in [0.2, 0.25) is 0 Å². The van der Waals surface area contributed by atoms with Crippen molar-refractivity contribution in [1.82, 2.24) is 5.32 Å². The van der Waals surface area contributed by atoms with Crippen molar-refractivity contribution in [3.63, 3.8) is 0 Å². The SMILES string of the molecule is COC(=O)CC1(CSCC2CCCN2)CC1. The minimum atomic E-state index is -0.0444. The van der Waals surface area contributed by atoms with Crippen molar-refractivity contribution >= 4 is 17.7 Å². The van der Waals surface area contributed by atoms with Crippen LogP contribution >= 0.6 is 11.8 Å². The molecule has 1 heterocycles. The summed E-state index contributed by atoms with van der Waals surface area (Å²) in [7, 11) is 1.48. The summed E-state index contributed by atoms with van der Waals surface area (Å²) in [5.41, 5.74) is 0.288. The number of thioether (sulfide) groups is 1. The van der Waals surface area contributed by atoms with Crippen molar-refractivity contribution < 1.29 is 9.53 Å². The summed E-state index contributed by atoms with van der Waals surface area (Å²) in [5, 5.41) is 3.50. The lowest BCUT2D eigenvalue weighted by Crippen LogP contribution is -2.24. The molecule has 1 saturated heterocycles. The maximum Gasteiger partial charge on any atom is 0.306 e. The van der Waals surface area contributed by atoms with Crippen molar-refractivity contribution in [3.8, 4) is 0 Å². The highest BCUT2D eigenvalue weighted by Gasteiger charge is 2.44. The second kappa shape index (κ2) is 5.41. The van der Waals surface area contributed by atoms with Gasteiger partial charge in [-0.3, -0.25) is 4.79 Å². The smallest absolute Gasteiger partial charge is 0.306 e. The van der Waals surface area contributed by atoms with Gasteiger partial charge >= 0.3 is 5.97 Å². The first-order chi connectivity index (χ1) is 7.74. The molecule has 1 atom stereocenters. The number of hydrogen-bond donors (Lipinski definition) is 1. The zero-order valence-corrected chi connectivity index (χ0v) is 10.8. The van der Waals surface area contributed by atoms with E-state index in [9.17, 15) is 4.79 Å². The van der Waals surface area contributed by atoms with E-state index in [1.807, 2.05) is 11.8 Å². The fourth-order valence-corrected chi connectivity index (χ4v) is 3.75. The van der Waals surface area contributed by atoms with Gasteiger partial charge in [0.05, 0.1) is 13.5 Å². The summed E-state index contributed by atoms with van der Waals surface area (Å²) in [4.78, 5) is 11.2. The highest BCUT2D eigenvalue weighted by molar-refractivity contribution is 7.99. The van der Waals surface area contributed by atoms with Crippen LogP contribution in [0.5, 0.6) is 0 Å². The van der Waals surface area contributed by atoms with Crippen molar-refractivity contribution in [2.75, 3.05) is 25.2 Å². The molecule has 0 aromatic rings. The van der Waals surface area contributed by atoms with Gasteiger partial charge in [0, 0.05) is 11.8 Å².